The summed E-state index contributed by atoms with van der Waals surface area (Å²) in [5.41, 5.74) is 1.09. The van der Waals surface area contributed by atoms with Crippen LogP contribution in [0.1, 0.15) is 12.5 Å². The van der Waals surface area contributed by atoms with Crippen molar-refractivity contribution in [1.29, 1.82) is 0 Å². The summed E-state index contributed by atoms with van der Waals surface area (Å²) < 4.78 is 14.8. The molecule has 1 aliphatic rings. The Balaban J connectivity index is 1.42. The first-order valence-electron chi connectivity index (χ1n) is 8.60. The van der Waals surface area contributed by atoms with Gasteiger partial charge in [-0.25, -0.2) is 9.18 Å². The van der Waals surface area contributed by atoms with Crippen molar-refractivity contribution < 1.29 is 9.18 Å². The molecule has 2 aromatic rings. The van der Waals surface area contributed by atoms with Crippen LogP contribution in [0.15, 0.2) is 42.7 Å². The summed E-state index contributed by atoms with van der Waals surface area (Å²) in [6.07, 6.45) is 3.62. The van der Waals surface area contributed by atoms with Crippen LogP contribution in [0.4, 0.5) is 9.18 Å². The van der Waals surface area contributed by atoms with Crippen molar-refractivity contribution in [2.24, 2.45) is 0 Å². The molecule has 2 amide bonds. The smallest absolute Gasteiger partial charge is 0.317 e. The van der Waals surface area contributed by atoms with E-state index in [-0.39, 0.29) is 17.9 Å². The number of carbonyl (C=O) groups excluding carboxylic acids is 1. The largest absolute Gasteiger partial charge is 0.334 e. The average molecular weight is 345 g/mol. The van der Waals surface area contributed by atoms with Gasteiger partial charge in [0, 0.05) is 51.2 Å². The lowest BCUT2D eigenvalue weighted by atomic mass is 10.2. The summed E-state index contributed by atoms with van der Waals surface area (Å²) in [6, 6.07) is 8.46. The third-order valence-corrected chi connectivity index (χ3v) is 4.37. The van der Waals surface area contributed by atoms with E-state index < -0.39 is 0 Å². The first-order valence-corrected chi connectivity index (χ1v) is 8.60. The van der Waals surface area contributed by atoms with E-state index in [0.29, 0.717) is 19.6 Å². The summed E-state index contributed by atoms with van der Waals surface area (Å²) in [4.78, 5) is 16.5. The van der Waals surface area contributed by atoms with Crippen molar-refractivity contribution in [3.63, 3.8) is 0 Å². The highest BCUT2D eigenvalue weighted by molar-refractivity contribution is 5.74. The number of hydrogen-bond donors (Lipinski definition) is 1. The van der Waals surface area contributed by atoms with E-state index in [4.69, 9.17) is 0 Å². The molecule has 1 aliphatic heterocycles. The van der Waals surface area contributed by atoms with Crippen molar-refractivity contribution in [1.82, 2.24) is 24.9 Å². The molecule has 1 N–H and O–H groups in total. The molecule has 0 radical (unpaired) electrons. The van der Waals surface area contributed by atoms with Gasteiger partial charge in [-0.1, -0.05) is 12.1 Å². The van der Waals surface area contributed by atoms with Crippen LogP contribution in [0.3, 0.4) is 0 Å². The fraction of sp³-hybridized carbons (Fsp3) is 0.444. The molecule has 2 heterocycles. The predicted molar refractivity (Wildman–Crippen MR) is 93.5 cm³/mol. The zero-order chi connectivity index (χ0) is 17.6. The Hall–Kier alpha value is -2.41. The fourth-order valence-electron chi connectivity index (χ4n) is 2.99. The lowest BCUT2D eigenvalue weighted by molar-refractivity contribution is 0.133. The molecule has 1 fully saturated rings. The van der Waals surface area contributed by atoms with Gasteiger partial charge in [0.1, 0.15) is 5.82 Å². The molecular formula is C18H24FN5O. The molecule has 134 valence electrons. The molecule has 3 rings (SSSR count). The van der Waals surface area contributed by atoms with Crippen molar-refractivity contribution in [3.8, 4) is 0 Å². The Morgan fingerprint density at radius 3 is 2.60 bits per heavy atom. The molecule has 1 unspecified atom stereocenters. The summed E-state index contributed by atoms with van der Waals surface area (Å²) >= 11 is 0. The number of nitrogens with one attached hydrogen (secondary N) is 1. The molecule has 1 aromatic heterocycles. The summed E-state index contributed by atoms with van der Waals surface area (Å²) in [6.45, 7) is 6.44. The SMILES string of the molecule is CC(Cn1cccn1)NC(=O)N1CCN(Cc2ccc(F)cc2)CC1. The number of hydrogen-bond acceptors (Lipinski definition) is 3. The monoisotopic (exact) mass is 345 g/mol. The summed E-state index contributed by atoms with van der Waals surface area (Å²) in [7, 11) is 0. The molecule has 0 bridgehead atoms. The highest BCUT2D eigenvalue weighted by Gasteiger charge is 2.22. The van der Waals surface area contributed by atoms with Gasteiger partial charge in [0.05, 0.1) is 6.54 Å². The van der Waals surface area contributed by atoms with Crippen LogP contribution < -0.4 is 5.32 Å². The second kappa shape index (κ2) is 8.11. The van der Waals surface area contributed by atoms with Gasteiger partial charge in [-0.3, -0.25) is 9.58 Å². The highest BCUT2D eigenvalue weighted by Crippen LogP contribution is 2.10. The maximum absolute atomic E-state index is 13.0. The van der Waals surface area contributed by atoms with Crippen molar-refractivity contribution in [3.05, 3.63) is 54.1 Å². The third-order valence-electron chi connectivity index (χ3n) is 4.37. The van der Waals surface area contributed by atoms with Gasteiger partial charge in [0.2, 0.25) is 0 Å². The van der Waals surface area contributed by atoms with Gasteiger partial charge in [-0.15, -0.1) is 0 Å². The number of amides is 2. The van der Waals surface area contributed by atoms with Crippen LogP contribution in [0.2, 0.25) is 0 Å². The molecule has 0 aliphatic carbocycles. The Morgan fingerprint density at radius 1 is 1.24 bits per heavy atom. The fourth-order valence-corrected chi connectivity index (χ4v) is 2.99. The number of carbonyl (C=O) groups is 1. The minimum absolute atomic E-state index is 0.0182. The van der Waals surface area contributed by atoms with Crippen molar-refractivity contribution in [2.75, 3.05) is 26.2 Å². The third kappa shape index (κ3) is 5.03. The van der Waals surface area contributed by atoms with E-state index in [9.17, 15) is 9.18 Å². The Kier molecular flexibility index (Phi) is 5.65. The molecule has 1 saturated heterocycles. The second-order valence-corrected chi connectivity index (χ2v) is 6.47. The summed E-state index contributed by atoms with van der Waals surface area (Å²) in [5, 5.41) is 7.18. The Labute approximate surface area is 147 Å². The molecule has 0 saturated carbocycles. The molecular weight excluding hydrogens is 321 g/mol. The average Bonchev–Trinajstić information content (AvgIpc) is 3.10. The van der Waals surface area contributed by atoms with Crippen LogP contribution in [-0.2, 0) is 13.1 Å². The molecule has 1 aromatic carbocycles. The number of urea groups is 1. The van der Waals surface area contributed by atoms with Gasteiger partial charge in [0.25, 0.3) is 0 Å². The van der Waals surface area contributed by atoms with Crippen LogP contribution in [0.25, 0.3) is 0 Å². The van der Waals surface area contributed by atoms with E-state index in [1.54, 1.807) is 6.20 Å². The van der Waals surface area contributed by atoms with Crippen molar-refractivity contribution in [2.45, 2.75) is 26.1 Å². The van der Waals surface area contributed by atoms with E-state index in [1.807, 2.05) is 40.9 Å². The number of piperazine rings is 1. The minimum atomic E-state index is -0.213. The maximum Gasteiger partial charge on any atom is 0.317 e. The van der Waals surface area contributed by atoms with Crippen LogP contribution >= 0.6 is 0 Å². The quantitative estimate of drug-likeness (QED) is 0.901. The zero-order valence-corrected chi connectivity index (χ0v) is 14.4. The van der Waals surface area contributed by atoms with Gasteiger partial charge in [0.15, 0.2) is 0 Å². The normalized spacial score (nSPS) is 16.6. The predicted octanol–water partition coefficient (Wildman–Crippen LogP) is 1.94. The lowest BCUT2D eigenvalue weighted by Crippen LogP contribution is -2.53. The van der Waals surface area contributed by atoms with E-state index in [2.05, 4.69) is 15.3 Å². The van der Waals surface area contributed by atoms with E-state index in [1.165, 1.54) is 12.1 Å². The highest BCUT2D eigenvalue weighted by atomic mass is 19.1. The summed E-state index contributed by atoms with van der Waals surface area (Å²) in [5.74, 6) is -0.213. The number of aromatic nitrogens is 2. The first kappa shape index (κ1) is 17.4. The van der Waals surface area contributed by atoms with Crippen LogP contribution in [0.5, 0.6) is 0 Å². The number of rotatable bonds is 5. The minimum Gasteiger partial charge on any atom is -0.334 e. The van der Waals surface area contributed by atoms with E-state index in [0.717, 1.165) is 25.2 Å². The van der Waals surface area contributed by atoms with Gasteiger partial charge >= 0.3 is 6.03 Å². The maximum atomic E-state index is 13.0. The van der Waals surface area contributed by atoms with Crippen LogP contribution in [0, 0.1) is 5.82 Å². The number of halogens is 1. The Bertz CT molecular complexity index is 665. The van der Waals surface area contributed by atoms with Gasteiger partial charge in [-0.2, -0.15) is 5.10 Å². The molecule has 7 heteroatoms. The molecule has 25 heavy (non-hydrogen) atoms. The number of benzene rings is 1. The van der Waals surface area contributed by atoms with Gasteiger partial charge < -0.3 is 10.2 Å². The lowest BCUT2D eigenvalue weighted by Gasteiger charge is -2.35. The van der Waals surface area contributed by atoms with Gasteiger partial charge in [-0.05, 0) is 30.7 Å². The molecule has 0 spiro atoms. The number of nitrogens with zero attached hydrogens (tertiary/aromatic N) is 4. The first-order chi connectivity index (χ1) is 12.1. The zero-order valence-electron chi connectivity index (χ0n) is 14.4. The Morgan fingerprint density at radius 2 is 1.96 bits per heavy atom. The molecule has 6 nitrogen and oxygen atoms in total. The second-order valence-electron chi connectivity index (χ2n) is 6.47. The topological polar surface area (TPSA) is 53.4 Å². The van der Waals surface area contributed by atoms with Crippen LogP contribution in [-0.4, -0.2) is 57.8 Å². The van der Waals surface area contributed by atoms with E-state index >= 15 is 0 Å². The molecule has 1 atom stereocenters. The van der Waals surface area contributed by atoms with Crippen molar-refractivity contribution >= 4 is 6.03 Å². The standard InChI is InChI=1S/C18H24FN5O/c1-15(13-24-8-2-7-20-24)21-18(25)23-11-9-22(10-12-23)14-16-3-5-17(19)6-4-16/h2-8,15H,9-14H2,1H3,(H,21,25).